The van der Waals surface area contributed by atoms with Gasteiger partial charge in [-0.15, -0.1) is 0 Å². The van der Waals surface area contributed by atoms with Gasteiger partial charge in [-0.3, -0.25) is 0 Å². The SMILES string of the molecule is Cc1cccc(CC(F)(CN)C(F)(F)F)c1. The zero-order valence-electron chi connectivity index (χ0n) is 8.81. The molecular formula is C11H13F4N. The molecule has 0 aromatic heterocycles. The zero-order valence-corrected chi connectivity index (χ0v) is 8.81. The maximum atomic E-state index is 13.6. The fraction of sp³-hybridized carbons (Fsp3) is 0.455. The van der Waals surface area contributed by atoms with Crippen LogP contribution in [-0.2, 0) is 6.42 Å². The predicted molar refractivity (Wildman–Crippen MR) is 53.8 cm³/mol. The lowest BCUT2D eigenvalue weighted by Crippen LogP contribution is -2.49. The Balaban J connectivity index is 2.94. The summed E-state index contributed by atoms with van der Waals surface area (Å²) in [7, 11) is 0. The summed E-state index contributed by atoms with van der Waals surface area (Å²) in [6.45, 7) is 0.671. The van der Waals surface area contributed by atoms with Crippen molar-refractivity contribution in [3.05, 3.63) is 35.4 Å². The molecule has 90 valence electrons. The first-order valence-corrected chi connectivity index (χ1v) is 4.80. The number of benzene rings is 1. The van der Waals surface area contributed by atoms with Crippen LogP contribution < -0.4 is 5.73 Å². The van der Waals surface area contributed by atoms with Gasteiger partial charge in [-0.25, -0.2) is 4.39 Å². The van der Waals surface area contributed by atoms with E-state index in [1.54, 1.807) is 19.1 Å². The Kier molecular flexibility index (Phi) is 3.57. The molecule has 1 rings (SSSR count). The zero-order chi connectivity index (χ0) is 12.4. The minimum atomic E-state index is -4.94. The Morgan fingerprint density at radius 1 is 1.19 bits per heavy atom. The molecule has 1 unspecified atom stereocenters. The highest BCUT2D eigenvalue weighted by Crippen LogP contribution is 2.36. The summed E-state index contributed by atoms with van der Waals surface area (Å²) in [5.41, 5.74) is 2.62. The van der Waals surface area contributed by atoms with Crippen LogP contribution in [0.4, 0.5) is 17.6 Å². The molecule has 2 N–H and O–H groups in total. The molecule has 0 saturated heterocycles. The minimum Gasteiger partial charge on any atom is -0.327 e. The molecular weight excluding hydrogens is 222 g/mol. The largest absolute Gasteiger partial charge is 0.424 e. The average Bonchev–Trinajstić information content (AvgIpc) is 2.15. The van der Waals surface area contributed by atoms with Gasteiger partial charge >= 0.3 is 6.18 Å². The molecule has 0 aliphatic rings. The second-order valence-electron chi connectivity index (χ2n) is 3.83. The van der Waals surface area contributed by atoms with Crippen LogP contribution in [0.25, 0.3) is 0 Å². The number of halogens is 4. The van der Waals surface area contributed by atoms with E-state index in [0.29, 0.717) is 5.56 Å². The number of nitrogens with two attached hydrogens (primary N) is 1. The van der Waals surface area contributed by atoms with Crippen LogP contribution in [0.1, 0.15) is 11.1 Å². The lowest BCUT2D eigenvalue weighted by atomic mass is 9.95. The standard InChI is InChI=1S/C11H13F4N/c1-8-3-2-4-9(5-8)6-10(12,7-16)11(13,14)15/h2-5H,6-7,16H2,1H3. The molecule has 0 fully saturated rings. The number of rotatable bonds is 3. The van der Waals surface area contributed by atoms with Gasteiger partial charge in [0.25, 0.3) is 0 Å². The van der Waals surface area contributed by atoms with E-state index in [1.165, 1.54) is 12.1 Å². The Morgan fingerprint density at radius 2 is 1.81 bits per heavy atom. The van der Waals surface area contributed by atoms with Gasteiger partial charge < -0.3 is 5.73 Å². The normalized spacial score (nSPS) is 15.9. The number of alkyl halides is 4. The molecule has 0 aliphatic heterocycles. The number of hydrogen-bond acceptors (Lipinski definition) is 1. The van der Waals surface area contributed by atoms with Crippen LogP contribution in [0.2, 0.25) is 0 Å². The molecule has 0 aliphatic carbocycles. The van der Waals surface area contributed by atoms with Gasteiger partial charge in [-0.2, -0.15) is 13.2 Å². The van der Waals surface area contributed by atoms with Crippen LogP contribution >= 0.6 is 0 Å². The quantitative estimate of drug-likeness (QED) is 0.801. The summed E-state index contributed by atoms with van der Waals surface area (Å²) in [5, 5.41) is 0. The molecule has 1 aromatic rings. The van der Waals surface area contributed by atoms with Crippen molar-refractivity contribution in [3.63, 3.8) is 0 Å². The predicted octanol–water partition coefficient (Wildman–Crippen LogP) is 2.77. The third kappa shape index (κ3) is 2.72. The van der Waals surface area contributed by atoms with Gasteiger partial charge in [0.15, 0.2) is 0 Å². The second-order valence-corrected chi connectivity index (χ2v) is 3.83. The molecule has 0 radical (unpaired) electrons. The average molecular weight is 235 g/mol. The van der Waals surface area contributed by atoms with Crippen LogP contribution in [-0.4, -0.2) is 18.4 Å². The van der Waals surface area contributed by atoms with E-state index in [4.69, 9.17) is 5.73 Å². The van der Waals surface area contributed by atoms with Crippen LogP contribution in [0.15, 0.2) is 24.3 Å². The molecule has 0 heterocycles. The highest BCUT2D eigenvalue weighted by Gasteiger charge is 2.54. The Morgan fingerprint density at radius 3 is 2.25 bits per heavy atom. The minimum absolute atomic E-state index is 0.297. The van der Waals surface area contributed by atoms with Gasteiger partial charge in [-0.05, 0) is 12.5 Å². The van der Waals surface area contributed by atoms with E-state index in [-0.39, 0.29) is 0 Å². The maximum absolute atomic E-state index is 13.6. The summed E-state index contributed by atoms with van der Waals surface area (Å²) in [6, 6.07) is 6.32. The molecule has 0 saturated carbocycles. The fourth-order valence-corrected chi connectivity index (χ4v) is 1.43. The monoisotopic (exact) mass is 235 g/mol. The summed E-state index contributed by atoms with van der Waals surface area (Å²) < 4.78 is 50.9. The van der Waals surface area contributed by atoms with Gasteiger partial charge in [0.05, 0.1) is 0 Å². The van der Waals surface area contributed by atoms with Crippen molar-refractivity contribution in [2.75, 3.05) is 6.54 Å². The van der Waals surface area contributed by atoms with Gasteiger partial charge in [0.1, 0.15) is 0 Å². The van der Waals surface area contributed by atoms with Crippen LogP contribution in [0, 0.1) is 6.92 Å². The van der Waals surface area contributed by atoms with E-state index in [0.717, 1.165) is 5.56 Å². The lowest BCUT2D eigenvalue weighted by Gasteiger charge is -2.26. The van der Waals surface area contributed by atoms with Crippen molar-refractivity contribution in [2.45, 2.75) is 25.2 Å². The Bertz CT molecular complexity index is 361. The first kappa shape index (κ1) is 13.0. The van der Waals surface area contributed by atoms with Gasteiger partial charge in [0.2, 0.25) is 5.67 Å². The lowest BCUT2D eigenvalue weighted by molar-refractivity contribution is -0.226. The van der Waals surface area contributed by atoms with E-state index in [1.807, 2.05) is 0 Å². The topological polar surface area (TPSA) is 26.0 Å². The third-order valence-electron chi connectivity index (χ3n) is 2.40. The van der Waals surface area contributed by atoms with Gasteiger partial charge in [-0.1, -0.05) is 29.8 Å². The van der Waals surface area contributed by atoms with E-state index < -0.39 is 24.8 Å². The molecule has 1 atom stereocenters. The maximum Gasteiger partial charge on any atom is 0.424 e. The molecule has 0 spiro atoms. The second kappa shape index (κ2) is 4.41. The summed E-state index contributed by atoms with van der Waals surface area (Å²) >= 11 is 0. The van der Waals surface area contributed by atoms with Crippen LogP contribution in [0.5, 0.6) is 0 Å². The van der Waals surface area contributed by atoms with Crippen molar-refractivity contribution in [1.29, 1.82) is 0 Å². The van der Waals surface area contributed by atoms with E-state index >= 15 is 0 Å². The molecule has 0 bridgehead atoms. The van der Waals surface area contributed by atoms with Crippen molar-refractivity contribution >= 4 is 0 Å². The van der Waals surface area contributed by atoms with Gasteiger partial charge in [0, 0.05) is 13.0 Å². The van der Waals surface area contributed by atoms with E-state index in [2.05, 4.69) is 0 Å². The third-order valence-corrected chi connectivity index (χ3v) is 2.40. The molecule has 1 aromatic carbocycles. The molecule has 0 amide bonds. The Labute approximate surface area is 91.3 Å². The smallest absolute Gasteiger partial charge is 0.327 e. The molecule has 5 heteroatoms. The van der Waals surface area contributed by atoms with E-state index in [9.17, 15) is 17.6 Å². The first-order valence-electron chi connectivity index (χ1n) is 4.80. The summed E-state index contributed by atoms with van der Waals surface area (Å²) in [4.78, 5) is 0. The summed E-state index contributed by atoms with van der Waals surface area (Å²) in [5.74, 6) is 0. The molecule has 16 heavy (non-hydrogen) atoms. The van der Waals surface area contributed by atoms with Crippen molar-refractivity contribution in [1.82, 2.24) is 0 Å². The van der Waals surface area contributed by atoms with Crippen molar-refractivity contribution in [3.8, 4) is 0 Å². The highest BCUT2D eigenvalue weighted by atomic mass is 19.4. The van der Waals surface area contributed by atoms with Crippen LogP contribution in [0.3, 0.4) is 0 Å². The van der Waals surface area contributed by atoms with Crippen molar-refractivity contribution < 1.29 is 17.6 Å². The fourth-order valence-electron chi connectivity index (χ4n) is 1.43. The Hall–Kier alpha value is -1.10. The number of aryl methyl sites for hydroxylation is 1. The number of hydrogen-bond donors (Lipinski definition) is 1. The summed E-state index contributed by atoms with van der Waals surface area (Å²) in [6.07, 6.45) is -5.68. The highest BCUT2D eigenvalue weighted by molar-refractivity contribution is 5.24. The first-order chi connectivity index (χ1) is 7.28. The molecule has 1 nitrogen and oxygen atoms in total. The van der Waals surface area contributed by atoms with Crippen molar-refractivity contribution in [2.24, 2.45) is 5.73 Å².